The zero-order valence-corrected chi connectivity index (χ0v) is 13.9. The first-order chi connectivity index (χ1) is 11.8. The quantitative estimate of drug-likeness (QED) is 0.487. The van der Waals surface area contributed by atoms with Crippen LogP contribution in [0.4, 0.5) is 4.79 Å². The van der Waals surface area contributed by atoms with Crippen LogP contribution in [0.1, 0.15) is 30.1 Å². The highest BCUT2D eigenvalue weighted by Gasteiger charge is 2.56. The molecule has 0 unspecified atom stereocenters. The van der Waals surface area contributed by atoms with E-state index in [9.17, 15) is 19.2 Å². The first-order valence-corrected chi connectivity index (χ1v) is 7.88. The highest BCUT2D eigenvalue weighted by molar-refractivity contribution is 6.09. The van der Waals surface area contributed by atoms with Gasteiger partial charge in [0.05, 0.1) is 12.7 Å². The number of esters is 2. The molecule has 1 aromatic carbocycles. The van der Waals surface area contributed by atoms with Gasteiger partial charge in [-0.2, -0.15) is 0 Å². The summed E-state index contributed by atoms with van der Waals surface area (Å²) in [6, 6.07) is 5.19. The van der Waals surface area contributed by atoms with Crippen molar-refractivity contribution >= 4 is 23.9 Å². The molecule has 1 aliphatic heterocycles. The predicted molar refractivity (Wildman–Crippen MR) is 84.8 cm³/mol. The lowest BCUT2D eigenvalue weighted by Crippen LogP contribution is -2.46. The molecule has 1 aromatic rings. The van der Waals surface area contributed by atoms with Gasteiger partial charge in [-0.1, -0.05) is 0 Å². The van der Waals surface area contributed by atoms with E-state index >= 15 is 0 Å². The van der Waals surface area contributed by atoms with Gasteiger partial charge >= 0.3 is 18.0 Å². The number of rotatable bonds is 5. The number of ether oxygens (including phenoxy) is 2. The van der Waals surface area contributed by atoms with Crippen molar-refractivity contribution in [2.45, 2.75) is 25.3 Å². The van der Waals surface area contributed by atoms with Crippen LogP contribution >= 0.6 is 0 Å². The Morgan fingerprint density at radius 1 is 1.24 bits per heavy atom. The van der Waals surface area contributed by atoms with Crippen LogP contribution in [0.3, 0.4) is 0 Å². The van der Waals surface area contributed by atoms with Gasteiger partial charge in [-0.3, -0.25) is 9.69 Å². The molecule has 1 saturated heterocycles. The van der Waals surface area contributed by atoms with Crippen LogP contribution in [0.5, 0.6) is 5.75 Å². The minimum Gasteiger partial charge on any atom is -0.465 e. The smallest absolute Gasteiger partial charge is 0.337 e. The van der Waals surface area contributed by atoms with E-state index in [-0.39, 0.29) is 11.7 Å². The lowest BCUT2D eigenvalue weighted by Gasteiger charge is -2.20. The molecule has 8 heteroatoms. The molecule has 0 spiro atoms. The number of hydrogen-bond donors (Lipinski definition) is 1. The Hall–Kier alpha value is -2.90. The molecule has 1 heterocycles. The number of methoxy groups -OCH3 is 1. The molecule has 1 N–H and O–H groups in total. The molecule has 132 valence electrons. The largest absolute Gasteiger partial charge is 0.465 e. The van der Waals surface area contributed by atoms with Crippen molar-refractivity contribution in [3.05, 3.63) is 29.8 Å². The Morgan fingerprint density at radius 2 is 1.88 bits per heavy atom. The number of nitrogens with zero attached hydrogens (tertiary/aromatic N) is 1. The fraction of sp³-hybridized carbons (Fsp3) is 0.412. The number of benzene rings is 1. The molecule has 0 bridgehead atoms. The summed E-state index contributed by atoms with van der Waals surface area (Å²) in [6.07, 6.45) is 1.76. The maximum atomic E-state index is 12.4. The van der Waals surface area contributed by atoms with E-state index in [4.69, 9.17) is 4.74 Å². The Kier molecular flexibility index (Phi) is 4.20. The highest BCUT2D eigenvalue weighted by Crippen LogP contribution is 2.42. The second kappa shape index (κ2) is 6.19. The number of carbonyl (C=O) groups excluding carboxylic acids is 4. The van der Waals surface area contributed by atoms with Gasteiger partial charge in [0.1, 0.15) is 17.8 Å². The molecule has 25 heavy (non-hydrogen) atoms. The lowest BCUT2D eigenvalue weighted by molar-refractivity contribution is -0.141. The third kappa shape index (κ3) is 3.19. The standard InChI is InChI=1S/C17H18N2O6/c1-17(11-5-6-11)15(22)19(16(23)18-17)9-13(20)25-12-7-3-10(4-8-12)14(21)24-2/h3-4,7-8,11H,5-6,9H2,1-2H3,(H,18,23)/t17-/m0/s1. The van der Waals surface area contributed by atoms with Crippen molar-refractivity contribution in [2.75, 3.05) is 13.7 Å². The van der Waals surface area contributed by atoms with Crippen molar-refractivity contribution in [3.63, 3.8) is 0 Å². The normalized spacial score (nSPS) is 22.6. The summed E-state index contributed by atoms with van der Waals surface area (Å²) in [5.74, 6) is -1.32. The van der Waals surface area contributed by atoms with Gasteiger partial charge in [0.25, 0.3) is 5.91 Å². The SMILES string of the molecule is COC(=O)c1ccc(OC(=O)CN2C(=O)N[C@@](C)(C3CC3)C2=O)cc1. The minimum absolute atomic E-state index is 0.121. The molecule has 2 fully saturated rings. The third-order valence-electron chi connectivity index (χ3n) is 4.49. The Morgan fingerprint density at radius 3 is 2.44 bits per heavy atom. The van der Waals surface area contributed by atoms with E-state index in [0.29, 0.717) is 5.56 Å². The average Bonchev–Trinajstić information content (AvgIpc) is 3.41. The highest BCUT2D eigenvalue weighted by atomic mass is 16.5. The van der Waals surface area contributed by atoms with Gasteiger partial charge in [0.15, 0.2) is 0 Å². The van der Waals surface area contributed by atoms with E-state index in [0.717, 1.165) is 17.7 Å². The van der Waals surface area contributed by atoms with Crippen LogP contribution in [0.15, 0.2) is 24.3 Å². The van der Waals surface area contributed by atoms with Crippen molar-refractivity contribution < 1.29 is 28.7 Å². The molecule has 8 nitrogen and oxygen atoms in total. The van der Waals surface area contributed by atoms with Crippen LogP contribution in [-0.4, -0.2) is 48.0 Å². The van der Waals surface area contributed by atoms with Crippen molar-refractivity contribution in [1.82, 2.24) is 10.2 Å². The number of amides is 3. The van der Waals surface area contributed by atoms with Crippen molar-refractivity contribution in [1.29, 1.82) is 0 Å². The predicted octanol–water partition coefficient (Wildman–Crippen LogP) is 1.10. The van der Waals surface area contributed by atoms with Crippen LogP contribution in [0, 0.1) is 5.92 Å². The van der Waals surface area contributed by atoms with Gasteiger partial charge in [-0.05, 0) is 49.9 Å². The average molecular weight is 346 g/mol. The number of nitrogens with one attached hydrogen (secondary N) is 1. The van der Waals surface area contributed by atoms with E-state index < -0.39 is 36.0 Å². The van der Waals surface area contributed by atoms with Crippen LogP contribution in [-0.2, 0) is 14.3 Å². The van der Waals surface area contributed by atoms with Gasteiger partial charge in [0.2, 0.25) is 0 Å². The first-order valence-electron chi connectivity index (χ1n) is 7.88. The van der Waals surface area contributed by atoms with Crippen LogP contribution in [0.2, 0.25) is 0 Å². The third-order valence-corrected chi connectivity index (χ3v) is 4.49. The fourth-order valence-electron chi connectivity index (χ4n) is 2.87. The van der Waals surface area contributed by atoms with E-state index in [1.165, 1.54) is 31.4 Å². The van der Waals surface area contributed by atoms with Crippen molar-refractivity contribution in [2.24, 2.45) is 5.92 Å². The van der Waals surface area contributed by atoms with Gasteiger partial charge in [-0.15, -0.1) is 0 Å². The Labute approximate surface area is 144 Å². The van der Waals surface area contributed by atoms with Crippen molar-refractivity contribution in [3.8, 4) is 5.75 Å². The number of imide groups is 1. The molecule has 3 rings (SSSR count). The maximum Gasteiger partial charge on any atom is 0.337 e. The summed E-state index contributed by atoms with van der Waals surface area (Å²) in [6.45, 7) is 1.22. The second-order valence-electron chi connectivity index (χ2n) is 6.29. The summed E-state index contributed by atoms with van der Waals surface area (Å²) >= 11 is 0. The number of urea groups is 1. The molecule has 3 amide bonds. The summed E-state index contributed by atoms with van der Waals surface area (Å²) in [5, 5.41) is 2.67. The fourth-order valence-corrected chi connectivity index (χ4v) is 2.87. The van der Waals surface area contributed by atoms with E-state index in [2.05, 4.69) is 10.1 Å². The monoisotopic (exact) mass is 346 g/mol. The Balaban J connectivity index is 1.62. The molecule has 1 aliphatic carbocycles. The molecule has 0 radical (unpaired) electrons. The summed E-state index contributed by atoms with van der Waals surface area (Å²) < 4.78 is 9.70. The minimum atomic E-state index is -0.931. The van der Waals surface area contributed by atoms with Gasteiger partial charge in [0, 0.05) is 0 Å². The molecule has 1 saturated carbocycles. The molecule has 1 atom stereocenters. The number of hydrogen-bond acceptors (Lipinski definition) is 6. The molecule has 2 aliphatic rings. The first kappa shape index (κ1) is 16.9. The Bertz CT molecular complexity index is 740. The van der Waals surface area contributed by atoms with Crippen LogP contribution < -0.4 is 10.1 Å². The summed E-state index contributed by atoms with van der Waals surface area (Å²) in [5.41, 5.74) is -0.615. The summed E-state index contributed by atoms with van der Waals surface area (Å²) in [7, 11) is 1.27. The molecular weight excluding hydrogens is 328 g/mol. The maximum absolute atomic E-state index is 12.4. The van der Waals surface area contributed by atoms with E-state index in [1.807, 2.05) is 0 Å². The van der Waals surface area contributed by atoms with Crippen LogP contribution in [0.25, 0.3) is 0 Å². The molecular formula is C17H18N2O6. The van der Waals surface area contributed by atoms with E-state index in [1.54, 1.807) is 6.92 Å². The topological polar surface area (TPSA) is 102 Å². The second-order valence-corrected chi connectivity index (χ2v) is 6.29. The number of carbonyl (C=O) groups is 4. The van der Waals surface area contributed by atoms with Gasteiger partial charge in [-0.25, -0.2) is 14.4 Å². The zero-order valence-electron chi connectivity index (χ0n) is 13.9. The van der Waals surface area contributed by atoms with Gasteiger partial charge < -0.3 is 14.8 Å². The zero-order chi connectivity index (χ0) is 18.2. The summed E-state index contributed by atoms with van der Waals surface area (Å²) in [4.78, 5) is 48.7. The lowest BCUT2D eigenvalue weighted by atomic mass is 9.96. The molecule has 0 aromatic heterocycles.